The molecule has 0 bridgehead atoms. The summed E-state index contributed by atoms with van der Waals surface area (Å²) in [4.78, 5) is 42.3. The molecule has 2 amide bonds. The lowest BCUT2D eigenvalue weighted by molar-refractivity contribution is -0.384. The Hall–Kier alpha value is -4.30. The molecule has 0 unspecified atom stereocenters. The Balaban J connectivity index is 1.15. The molecule has 53 heavy (non-hydrogen) atoms. The summed E-state index contributed by atoms with van der Waals surface area (Å²) in [6.45, 7) is 8.07. The van der Waals surface area contributed by atoms with Crippen molar-refractivity contribution in [3.63, 3.8) is 0 Å². The molecule has 2 heterocycles. The van der Waals surface area contributed by atoms with Gasteiger partial charge >= 0.3 is 6.09 Å². The number of nitrogens with one attached hydrogen (secondary N) is 2. The van der Waals surface area contributed by atoms with Crippen molar-refractivity contribution in [3.05, 3.63) is 88.5 Å². The maximum absolute atomic E-state index is 13.4. The van der Waals surface area contributed by atoms with Gasteiger partial charge in [0.05, 0.1) is 15.4 Å². The number of likely N-dealkylation sites (tertiary alicyclic amines) is 1. The number of nitro benzene ring substituents is 1. The van der Waals surface area contributed by atoms with Crippen molar-refractivity contribution in [2.45, 2.75) is 93.1 Å². The van der Waals surface area contributed by atoms with Gasteiger partial charge in [0.2, 0.25) is 0 Å². The van der Waals surface area contributed by atoms with E-state index >= 15 is 0 Å². The average molecular weight is 764 g/mol. The molecule has 3 aromatic rings. The van der Waals surface area contributed by atoms with Crippen LogP contribution in [0.2, 0.25) is 0 Å². The van der Waals surface area contributed by atoms with Gasteiger partial charge in [0.15, 0.2) is 0 Å². The van der Waals surface area contributed by atoms with Crippen LogP contribution >= 0.6 is 11.8 Å². The van der Waals surface area contributed by atoms with E-state index in [-0.39, 0.29) is 11.3 Å². The van der Waals surface area contributed by atoms with E-state index in [1.165, 1.54) is 37.8 Å². The highest BCUT2D eigenvalue weighted by molar-refractivity contribution is 7.99. The molecule has 12 nitrogen and oxygen atoms in total. The molecule has 1 aliphatic carbocycles. The van der Waals surface area contributed by atoms with Crippen molar-refractivity contribution in [1.82, 2.24) is 9.62 Å². The number of nitrogens with zero attached hydrogens (tertiary/aromatic N) is 3. The summed E-state index contributed by atoms with van der Waals surface area (Å²) >= 11 is 1.59. The van der Waals surface area contributed by atoms with E-state index in [1.807, 2.05) is 63.2 Å². The number of rotatable bonds is 10. The molecule has 1 saturated carbocycles. The van der Waals surface area contributed by atoms with Gasteiger partial charge in [-0.15, -0.1) is 11.8 Å². The van der Waals surface area contributed by atoms with Crippen molar-refractivity contribution >= 4 is 50.8 Å². The molecule has 0 radical (unpaired) electrons. The Kier molecular flexibility index (Phi) is 11.3. The fraction of sp³-hybridized carbons (Fsp3) is 0.487. The number of carbonyl (C=O) groups is 2. The second-order valence-corrected chi connectivity index (χ2v) is 18.3. The van der Waals surface area contributed by atoms with E-state index in [4.69, 9.17) is 4.74 Å². The lowest BCUT2D eigenvalue weighted by atomic mass is 9.77. The normalized spacial score (nSPS) is 18.4. The van der Waals surface area contributed by atoms with Gasteiger partial charge in [0.1, 0.15) is 11.3 Å². The average Bonchev–Trinajstić information content (AvgIpc) is 3.58. The maximum Gasteiger partial charge on any atom is 0.410 e. The molecule has 2 aliphatic heterocycles. The highest BCUT2D eigenvalue weighted by atomic mass is 32.2. The molecule has 2 saturated heterocycles. The Morgan fingerprint density at radius 1 is 0.887 bits per heavy atom. The fourth-order valence-electron chi connectivity index (χ4n) is 7.64. The third kappa shape index (κ3) is 9.45. The van der Waals surface area contributed by atoms with Crippen molar-refractivity contribution in [2.24, 2.45) is 5.41 Å². The highest BCUT2D eigenvalue weighted by Crippen LogP contribution is 2.46. The predicted octanol–water partition coefficient (Wildman–Crippen LogP) is 7.85. The summed E-state index contributed by atoms with van der Waals surface area (Å²) in [6.07, 6.45) is 8.08. The minimum absolute atomic E-state index is 0.145. The predicted molar refractivity (Wildman–Crippen MR) is 207 cm³/mol. The summed E-state index contributed by atoms with van der Waals surface area (Å²) in [7, 11) is -4.45. The molecule has 3 fully saturated rings. The first kappa shape index (κ1) is 38.4. The van der Waals surface area contributed by atoms with Gasteiger partial charge in [0, 0.05) is 54.1 Å². The van der Waals surface area contributed by atoms with E-state index in [1.54, 1.807) is 28.8 Å². The van der Waals surface area contributed by atoms with Crippen LogP contribution in [0.15, 0.2) is 82.6 Å². The van der Waals surface area contributed by atoms with Crippen LogP contribution in [0, 0.1) is 15.5 Å². The molecule has 1 spiro atoms. The number of anilines is 2. The topological polar surface area (TPSA) is 151 Å². The van der Waals surface area contributed by atoms with Crippen LogP contribution in [0.5, 0.6) is 0 Å². The standard InChI is InChI=1S/C39H49N5O7S2/c1-37(2,3)51-36(46)43-25-21-39(22-26-43,28-52-31-9-5-4-6-10-31)40-33-16-15-32(27-34(33)44(47)48)53(49,50)41-35(45)29-11-13-30(14-12-29)42-23-19-38(20-24-42)17-7-8-18-38/h4-6,9-16,27,40H,7-8,17-26,28H2,1-3H3,(H,41,45). The van der Waals surface area contributed by atoms with Crippen LogP contribution in [-0.4, -0.2) is 73.3 Å². The van der Waals surface area contributed by atoms with Crippen LogP contribution in [0.4, 0.5) is 21.9 Å². The first-order chi connectivity index (χ1) is 25.1. The van der Waals surface area contributed by atoms with Crippen molar-refractivity contribution in [2.75, 3.05) is 42.1 Å². The minimum Gasteiger partial charge on any atom is -0.444 e. The van der Waals surface area contributed by atoms with Crippen molar-refractivity contribution < 1.29 is 27.7 Å². The van der Waals surface area contributed by atoms with Crippen LogP contribution in [0.1, 0.15) is 82.5 Å². The van der Waals surface area contributed by atoms with Crippen molar-refractivity contribution in [1.29, 1.82) is 0 Å². The monoisotopic (exact) mass is 763 g/mol. The van der Waals surface area contributed by atoms with Gasteiger partial charge in [-0.2, -0.15) is 0 Å². The van der Waals surface area contributed by atoms with Gasteiger partial charge in [-0.05, 0) is 113 Å². The van der Waals surface area contributed by atoms with E-state index < -0.39 is 48.7 Å². The quantitative estimate of drug-likeness (QED) is 0.119. The Morgan fingerprint density at radius 3 is 2.13 bits per heavy atom. The third-order valence-electron chi connectivity index (χ3n) is 10.7. The molecule has 3 aromatic carbocycles. The maximum atomic E-state index is 13.4. The first-order valence-electron chi connectivity index (χ1n) is 18.3. The summed E-state index contributed by atoms with van der Waals surface area (Å²) < 4.78 is 34.5. The molecule has 0 aromatic heterocycles. The van der Waals surface area contributed by atoms with Gasteiger partial charge in [-0.25, -0.2) is 17.9 Å². The number of hydrogen-bond acceptors (Lipinski definition) is 10. The number of sulfonamides is 1. The second-order valence-electron chi connectivity index (χ2n) is 15.6. The van der Waals surface area contributed by atoms with E-state index in [0.717, 1.165) is 42.6 Å². The minimum atomic E-state index is -4.45. The zero-order chi connectivity index (χ0) is 37.9. The van der Waals surface area contributed by atoms with Gasteiger partial charge in [0.25, 0.3) is 21.6 Å². The van der Waals surface area contributed by atoms with Crippen LogP contribution < -0.4 is 14.9 Å². The Labute approximate surface area is 316 Å². The van der Waals surface area contributed by atoms with E-state index in [0.29, 0.717) is 37.1 Å². The van der Waals surface area contributed by atoms with Gasteiger partial charge in [-0.3, -0.25) is 14.9 Å². The molecule has 3 aliphatic rings. The molecular formula is C39H49N5O7S2. The number of nitro groups is 1. The number of benzene rings is 3. The fourth-order valence-corrected chi connectivity index (χ4v) is 9.78. The SMILES string of the molecule is CC(C)(C)OC(=O)N1CCC(CSc2ccccc2)(Nc2ccc(S(=O)(=O)NC(=O)c3ccc(N4CCC5(CCCC5)CC4)cc3)cc2[N+](=O)[O-])CC1. The number of amides is 2. The van der Waals surface area contributed by atoms with Crippen LogP contribution in [0.3, 0.4) is 0 Å². The summed E-state index contributed by atoms with van der Waals surface area (Å²) in [5.41, 5.74) is 0.0347. The third-order valence-corrected chi connectivity index (χ3v) is 13.3. The smallest absolute Gasteiger partial charge is 0.410 e. The zero-order valence-electron chi connectivity index (χ0n) is 30.6. The number of piperidine rings is 2. The molecular weight excluding hydrogens is 715 g/mol. The highest BCUT2D eigenvalue weighted by Gasteiger charge is 2.39. The van der Waals surface area contributed by atoms with Gasteiger partial charge in [-0.1, -0.05) is 31.0 Å². The van der Waals surface area contributed by atoms with Gasteiger partial charge < -0.3 is 19.9 Å². The Morgan fingerprint density at radius 2 is 1.53 bits per heavy atom. The number of carbonyl (C=O) groups excluding carboxylic acids is 2. The number of thioether (sulfide) groups is 1. The number of hydrogen-bond donors (Lipinski definition) is 2. The summed E-state index contributed by atoms with van der Waals surface area (Å²) in [5.74, 6) is -0.289. The van der Waals surface area contributed by atoms with E-state index in [2.05, 4.69) is 14.9 Å². The van der Waals surface area contributed by atoms with Crippen LogP contribution in [-0.2, 0) is 14.8 Å². The lowest BCUT2D eigenvalue weighted by Gasteiger charge is -2.43. The Bertz CT molecular complexity index is 1890. The molecule has 2 N–H and O–H groups in total. The lowest BCUT2D eigenvalue weighted by Crippen LogP contribution is -2.53. The van der Waals surface area contributed by atoms with Crippen LogP contribution in [0.25, 0.3) is 0 Å². The molecule has 0 atom stereocenters. The van der Waals surface area contributed by atoms with E-state index in [9.17, 15) is 28.1 Å². The summed E-state index contributed by atoms with van der Waals surface area (Å²) in [6, 6.07) is 20.3. The largest absolute Gasteiger partial charge is 0.444 e. The molecule has 284 valence electrons. The second kappa shape index (κ2) is 15.6. The first-order valence-corrected chi connectivity index (χ1v) is 20.8. The summed E-state index contributed by atoms with van der Waals surface area (Å²) in [5, 5.41) is 15.8. The number of ether oxygens (including phenoxy) is 1. The van der Waals surface area contributed by atoms with Crippen molar-refractivity contribution in [3.8, 4) is 0 Å². The zero-order valence-corrected chi connectivity index (χ0v) is 32.3. The molecule has 6 rings (SSSR count). The molecule has 14 heteroatoms.